The van der Waals surface area contributed by atoms with Gasteiger partial charge in [0.25, 0.3) is 0 Å². The van der Waals surface area contributed by atoms with E-state index in [0.29, 0.717) is 0 Å². The Kier molecular flexibility index (Phi) is 3.44. The first-order chi connectivity index (χ1) is 11.0. The van der Waals surface area contributed by atoms with E-state index in [-0.39, 0.29) is 22.7 Å². The van der Waals surface area contributed by atoms with Crippen molar-refractivity contribution in [2.24, 2.45) is 0 Å². The van der Waals surface area contributed by atoms with Crippen molar-refractivity contribution in [3.8, 4) is 0 Å². The maximum absolute atomic E-state index is 12.8. The normalized spacial score (nSPS) is 29.8. The highest BCUT2D eigenvalue weighted by atomic mass is 79.9. The van der Waals surface area contributed by atoms with Gasteiger partial charge in [-0.25, -0.2) is 14.3 Å². The fourth-order valence-corrected chi connectivity index (χ4v) is 4.29. The van der Waals surface area contributed by atoms with Crippen molar-refractivity contribution >= 4 is 44.2 Å². The minimum absolute atomic E-state index is 0.0241. The van der Waals surface area contributed by atoms with E-state index >= 15 is 0 Å². The number of hydrogen-bond donors (Lipinski definition) is 1. The van der Waals surface area contributed by atoms with Gasteiger partial charge in [0.1, 0.15) is 11.7 Å². The SMILES string of the molecule is CO[C@H]1CCC([N@+]2(C)C(=O)Nc3c2cnc2ccc(Br)cc32)C1. The first-order valence-electron chi connectivity index (χ1n) is 7.83. The zero-order valence-electron chi connectivity index (χ0n) is 13.2. The number of nitrogens with one attached hydrogen (secondary N) is 1. The summed E-state index contributed by atoms with van der Waals surface area (Å²) in [7, 11) is 3.74. The van der Waals surface area contributed by atoms with E-state index in [1.165, 1.54) is 0 Å². The number of methoxy groups -OCH3 is 1. The average Bonchev–Trinajstić information content (AvgIpc) is 3.12. The molecule has 0 saturated heterocycles. The van der Waals surface area contributed by atoms with Gasteiger partial charge in [0.2, 0.25) is 0 Å². The summed E-state index contributed by atoms with van der Waals surface area (Å²) in [5.74, 6) is 0. The van der Waals surface area contributed by atoms with Crippen LogP contribution in [0.4, 0.5) is 16.2 Å². The van der Waals surface area contributed by atoms with Crippen LogP contribution in [-0.4, -0.2) is 37.3 Å². The number of pyridine rings is 1. The lowest BCUT2D eigenvalue weighted by atomic mass is 10.1. The number of fused-ring (bicyclic) bond motifs is 3. The Balaban J connectivity index is 1.85. The van der Waals surface area contributed by atoms with Crippen LogP contribution in [0.25, 0.3) is 10.9 Å². The third-order valence-electron chi connectivity index (χ3n) is 5.38. The van der Waals surface area contributed by atoms with Crippen LogP contribution < -0.4 is 9.80 Å². The molecule has 0 bridgehead atoms. The first kappa shape index (κ1) is 15.1. The summed E-state index contributed by atoms with van der Waals surface area (Å²) < 4.78 is 6.74. The Morgan fingerprint density at radius 1 is 1.39 bits per heavy atom. The van der Waals surface area contributed by atoms with Crippen molar-refractivity contribution in [3.05, 3.63) is 28.9 Å². The summed E-state index contributed by atoms with van der Waals surface area (Å²) in [6.07, 6.45) is 4.98. The number of benzene rings is 1. The van der Waals surface area contributed by atoms with Gasteiger partial charge in [-0.1, -0.05) is 15.9 Å². The Morgan fingerprint density at radius 2 is 2.22 bits per heavy atom. The molecule has 1 N–H and O–H groups in total. The van der Waals surface area contributed by atoms with Crippen LogP contribution >= 0.6 is 15.9 Å². The summed E-state index contributed by atoms with van der Waals surface area (Å²) in [6, 6.07) is 6.20. The predicted molar refractivity (Wildman–Crippen MR) is 94.6 cm³/mol. The largest absolute Gasteiger partial charge is 0.426 e. The van der Waals surface area contributed by atoms with Crippen LogP contribution in [0.5, 0.6) is 0 Å². The lowest BCUT2D eigenvalue weighted by molar-refractivity contribution is 0.103. The van der Waals surface area contributed by atoms with Gasteiger partial charge in [-0.05, 0) is 24.6 Å². The van der Waals surface area contributed by atoms with E-state index in [0.717, 1.165) is 46.0 Å². The number of carbonyl (C=O) groups is 1. The molecule has 5 nitrogen and oxygen atoms in total. The van der Waals surface area contributed by atoms with E-state index in [1.807, 2.05) is 31.4 Å². The van der Waals surface area contributed by atoms with Crippen molar-refractivity contribution in [1.82, 2.24) is 9.47 Å². The molecule has 2 aromatic rings. The molecule has 2 heterocycles. The second-order valence-corrected chi connectivity index (χ2v) is 7.43. The predicted octanol–water partition coefficient (Wildman–Crippen LogP) is 4.05. The minimum Gasteiger partial charge on any atom is -0.381 e. The van der Waals surface area contributed by atoms with Crippen molar-refractivity contribution in [1.29, 1.82) is 0 Å². The second-order valence-electron chi connectivity index (χ2n) is 6.51. The Bertz CT molecular complexity index is 810. The molecule has 2 amide bonds. The van der Waals surface area contributed by atoms with E-state index < -0.39 is 0 Å². The molecule has 23 heavy (non-hydrogen) atoms. The Labute approximate surface area is 143 Å². The quantitative estimate of drug-likeness (QED) is 0.804. The molecule has 0 spiro atoms. The molecule has 4 rings (SSSR count). The molecular weight excluding hydrogens is 358 g/mol. The van der Waals surface area contributed by atoms with Crippen LogP contribution in [0.15, 0.2) is 28.9 Å². The van der Waals surface area contributed by atoms with Gasteiger partial charge in [0.15, 0.2) is 5.69 Å². The highest BCUT2D eigenvalue weighted by Gasteiger charge is 2.52. The third-order valence-corrected chi connectivity index (χ3v) is 5.88. The average molecular weight is 377 g/mol. The van der Waals surface area contributed by atoms with Crippen molar-refractivity contribution < 1.29 is 9.53 Å². The van der Waals surface area contributed by atoms with E-state index in [9.17, 15) is 4.79 Å². The van der Waals surface area contributed by atoms with Gasteiger partial charge in [0, 0.05) is 29.8 Å². The number of halogens is 1. The smallest absolute Gasteiger partial charge is 0.381 e. The summed E-state index contributed by atoms with van der Waals surface area (Å²) >= 11 is 3.51. The molecule has 6 heteroatoms. The van der Waals surface area contributed by atoms with Crippen molar-refractivity contribution in [2.75, 3.05) is 19.5 Å². The number of anilines is 1. The minimum atomic E-state index is 0.0241. The van der Waals surface area contributed by atoms with Crippen molar-refractivity contribution in [3.63, 3.8) is 0 Å². The highest BCUT2D eigenvalue weighted by molar-refractivity contribution is 9.10. The van der Waals surface area contributed by atoms with Crippen LogP contribution in [-0.2, 0) is 4.74 Å². The number of amides is 2. The summed E-state index contributed by atoms with van der Waals surface area (Å²) in [4.78, 5) is 17.4. The zero-order valence-corrected chi connectivity index (χ0v) is 14.8. The number of aromatic nitrogens is 1. The number of quaternary nitrogens is 1. The molecular formula is C17H19BrN3O2+. The molecule has 1 fully saturated rings. The maximum atomic E-state index is 12.8. The van der Waals surface area contributed by atoms with Crippen molar-refractivity contribution in [2.45, 2.75) is 31.4 Å². The molecule has 120 valence electrons. The summed E-state index contributed by atoms with van der Waals surface area (Å²) in [6.45, 7) is 0. The van der Waals surface area contributed by atoms with Gasteiger partial charge in [-0.2, -0.15) is 0 Å². The Morgan fingerprint density at radius 3 is 2.96 bits per heavy atom. The molecule has 1 aromatic heterocycles. The lowest BCUT2D eigenvalue weighted by Gasteiger charge is -2.31. The molecule has 1 aromatic carbocycles. The standard InChI is InChI=1S/C17H18BrN3O2/c1-21(11-4-5-12(8-11)23-2)15-9-19-14-6-3-10(18)7-13(14)16(15)20-17(21)22/h3,6-7,9,11-12H,4-5,8H2,1-2H3/p+1/t11?,12-,21-/m0/s1. The van der Waals surface area contributed by atoms with E-state index in [2.05, 4.69) is 26.2 Å². The molecule has 1 aliphatic carbocycles. The second kappa shape index (κ2) is 5.26. The van der Waals surface area contributed by atoms with Gasteiger partial charge in [0.05, 0.1) is 24.9 Å². The molecule has 1 saturated carbocycles. The molecule has 1 unspecified atom stereocenters. The molecule has 0 radical (unpaired) electrons. The zero-order chi connectivity index (χ0) is 16.2. The number of ether oxygens (including phenoxy) is 1. The van der Waals surface area contributed by atoms with E-state index in [1.54, 1.807) is 7.11 Å². The van der Waals surface area contributed by atoms with Crippen LogP contribution in [0.2, 0.25) is 0 Å². The van der Waals surface area contributed by atoms with Gasteiger partial charge < -0.3 is 4.74 Å². The molecule has 2 aliphatic rings. The highest BCUT2D eigenvalue weighted by Crippen LogP contribution is 2.46. The van der Waals surface area contributed by atoms with Gasteiger partial charge >= 0.3 is 6.03 Å². The van der Waals surface area contributed by atoms with Gasteiger partial charge in [-0.15, -0.1) is 0 Å². The summed E-state index contributed by atoms with van der Waals surface area (Å²) in [5.41, 5.74) is 2.74. The van der Waals surface area contributed by atoms with Crippen LogP contribution in [0.3, 0.4) is 0 Å². The fourth-order valence-electron chi connectivity index (χ4n) is 3.93. The van der Waals surface area contributed by atoms with E-state index in [4.69, 9.17) is 4.74 Å². The number of carbonyl (C=O) groups excluding carboxylic acids is 1. The first-order valence-corrected chi connectivity index (χ1v) is 8.62. The Hall–Kier alpha value is -1.50. The fraction of sp³-hybridized carbons (Fsp3) is 0.412. The van der Waals surface area contributed by atoms with Crippen LogP contribution in [0, 0.1) is 0 Å². The van der Waals surface area contributed by atoms with Gasteiger partial charge in [-0.3, -0.25) is 5.32 Å². The van der Waals surface area contributed by atoms with Crippen LogP contribution in [0.1, 0.15) is 19.3 Å². The topological polar surface area (TPSA) is 51.2 Å². The monoisotopic (exact) mass is 376 g/mol. The maximum Gasteiger partial charge on any atom is 0.426 e. The molecule has 1 aliphatic heterocycles. The summed E-state index contributed by atoms with van der Waals surface area (Å²) in [5, 5.41) is 4.08. The number of hydrogen-bond acceptors (Lipinski definition) is 3. The lowest BCUT2D eigenvalue weighted by Crippen LogP contribution is -2.55. The number of nitrogens with zero attached hydrogens (tertiary/aromatic N) is 2. The number of rotatable bonds is 2. The third kappa shape index (κ3) is 2.12. The molecule has 3 atom stereocenters. The number of urea groups is 1.